The standard InChI is InChI=1S/C17H26N4O3.HI/c1-4-24-15-11-13(7-8-14(15)23-3)21-17(18-2)20-10-9-19-16(22)12-5-6-12;/h7-8,11-12H,4-6,9-10H2,1-3H3,(H,19,22)(H2,18,20,21);1H. The molecule has 1 amide bonds. The van der Waals surface area contributed by atoms with E-state index in [9.17, 15) is 4.79 Å². The van der Waals surface area contributed by atoms with Crippen molar-refractivity contribution in [1.29, 1.82) is 0 Å². The zero-order valence-electron chi connectivity index (χ0n) is 14.9. The molecule has 0 atom stereocenters. The summed E-state index contributed by atoms with van der Waals surface area (Å²) >= 11 is 0. The summed E-state index contributed by atoms with van der Waals surface area (Å²) < 4.78 is 10.8. The van der Waals surface area contributed by atoms with Gasteiger partial charge in [0.1, 0.15) is 0 Å². The maximum absolute atomic E-state index is 11.6. The molecule has 7 nitrogen and oxygen atoms in total. The molecule has 0 unspecified atom stereocenters. The molecule has 1 aromatic carbocycles. The van der Waals surface area contributed by atoms with Crippen molar-refractivity contribution in [1.82, 2.24) is 10.6 Å². The summed E-state index contributed by atoms with van der Waals surface area (Å²) in [6, 6.07) is 5.60. The Morgan fingerprint density at radius 1 is 1.24 bits per heavy atom. The number of carbonyl (C=O) groups is 1. The summed E-state index contributed by atoms with van der Waals surface area (Å²) in [7, 11) is 3.31. The van der Waals surface area contributed by atoms with Crippen LogP contribution in [0, 0.1) is 5.92 Å². The summed E-state index contributed by atoms with van der Waals surface area (Å²) in [5.41, 5.74) is 0.842. The van der Waals surface area contributed by atoms with Crippen LogP contribution in [0.2, 0.25) is 0 Å². The van der Waals surface area contributed by atoms with E-state index in [2.05, 4.69) is 20.9 Å². The Balaban J connectivity index is 0.00000312. The number of nitrogens with one attached hydrogen (secondary N) is 3. The quantitative estimate of drug-likeness (QED) is 0.239. The molecule has 0 saturated heterocycles. The van der Waals surface area contributed by atoms with Crippen molar-refractivity contribution < 1.29 is 14.3 Å². The second-order valence-electron chi connectivity index (χ2n) is 5.49. The number of amides is 1. The fourth-order valence-corrected chi connectivity index (χ4v) is 2.20. The lowest BCUT2D eigenvalue weighted by Gasteiger charge is -2.15. The molecule has 0 bridgehead atoms. The Kier molecular flexibility index (Phi) is 9.40. The van der Waals surface area contributed by atoms with E-state index in [0.29, 0.717) is 37.2 Å². The minimum Gasteiger partial charge on any atom is -0.493 e. The van der Waals surface area contributed by atoms with Gasteiger partial charge in [-0.3, -0.25) is 9.79 Å². The van der Waals surface area contributed by atoms with Crippen molar-refractivity contribution in [2.24, 2.45) is 10.9 Å². The van der Waals surface area contributed by atoms with E-state index in [4.69, 9.17) is 9.47 Å². The van der Waals surface area contributed by atoms with E-state index in [1.54, 1.807) is 14.2 Å². The summed E-state index contributed by atoms with van der Waals surface area (Å²) in [4.78, 5) is 15.7. The summed E-state index contributed by atoms with van der Waals surface area (Å²) in [6.07, 6.45) is 2.03. The van der Waals surface area contributed by atoms with Crippen LogP contribution >= 0.6 is 24.0 Å². The average molecular weight is 462 g/mol. The van der Waals surface area contributed by atoms with Gasteiger partial charge in [-0.25, -0.2) is 0 Å². The molecule has 1 aliphatic rings. The van der Waals surface area contributed by atoms with E-state index < -0.39 is 0 Å². The largest absolute Gasteiger partial charge is 0.493 e. The highest BCUT2D eigenvalue weighted by Gasteiger charge is 2.28. The average Bonchev–Trinajstić information content (AvgIpc) is 3.43. The topological polar surface area (TPSA) is 84.0 Å². The van der Waals surface area contributed by atoms with Crippen molar-refractivity contribution >= 4 is 41.5 Å². The first-order valence-corrected chi connectivity index (χ1v) is 8.24. The number of benzene rings is 1. The lowest BCUT2D eigenvalue weighted by Crippen LogP contribution is -2.38. The fraction of sp³-hybridized carbons (Fsp3) is 0.529. The number of aliphatic imine (C=N–C) groups is 1. The first-order valence-electron chi connectivity index (χ1n) is 8.24. The molecule has 140 valence electrons. The maximum Gasteiger partial charge on any atom is 0.223 e. The van der Waals surface area contributed by atoms with E-state index in [-0.39, 0.29) is 35.8 Å². The number of carbonyl (C=O) groups excluding carboxylic acids is 1. The third-order valence-corrected chi connectivity index (χ3v) is 3.61. The van der Waals surface area contributed by atoms with Crippen molar-refractivity contribution in [2.45, 2.75) is 19.8 Å². The lowest BCUT2D eigenvalue weighted by atomic mass is 10.2. The minimum atomic E-state index is 0. The van der Waals surface area contributed by atoms with Crippen molar-refractivity contribution in [3.63, 3.8) is 0 Å². The van der Waals surface area contributed by atoms with Gasteiger partial charge in [-0.1, -0.05) is 0 Å². The number of hydrogen-bond donors (Lipinski definition) is 3. The third-order valence-electron chi connectivity index (χ3n) is 3.61. The van der Waals surface area contributed by atoms with Crippen LogP contribution in [0.1, 0.15) is 19.8 Å². The minimum absolute atomic E-state index is 0. The molecule has 0 radical (unpaired) electrons. The molecule has 3 N–H and O–H groups in total. The van der Waals surface area contributed by atoms with Gasteiger partial charge in [-0.15, -0.1) is 24.0 Å². The maximum atomic E-state index is 11.6. The molecule has 8 heteroatoms. The normalized spacial score (nSPS) is 13.5. The highest BCUT2D eigenvalue weighted by Crippen LogP contribution is 2.30. The molecule has 0 heterocycles. The van der Waals surface area contributed by atoms with Gasteiger partial charge in [0.15, 0.2) is 17.5 Å². The Hall–Kier alpha value is -1.71. The van der Waals surface area contributed by atoms with Gasteiger partial charge in [0, 0.05) is 37.8 Å². The smallest absolute Gasteiger partial charge is 0.223 e. The molecular weight excluding hydrogens is 435 g/mol. The van der Waals surface area contributed by atoms with E-state index in [0.717, 1.165) is 18.5 Å². The molecule has 0 aliphatic heterocycles. The van der Waals surface area contributed by atoms with Gasteiger partial charge in [0.05, 0.1) is 13.7 Å². The van der Waals surface area contributed by atoms with Gasteiger partial charge in [-0.2, -0.15) is 0 Å². The van der Waals surface area contributed by atoms with Gasteiger partial charge in [0.25, 0.3) is 0 Å². The van der Waals surface area contributed by atoms with Gasteiger partial charge >= 0.3 is 0 Å². The summed E-state index contributed by atoms with van der Waals surface area (Å²) in [5.74, 6) is 2.38. The van der Waals surface area contributed by atoms with Crippen LogP contribution in [0.5, 0.6) is 11.5 Å². The van der Waals surface area contributed by atoms with Crippen LogP contribution in [0.15, 0.2) is 23.2 Å². The number of halogens is 1. The zero-order valence-corrected chi connectivity index (χ0v) is 17.3. The third kappa shape index (κ3) is 6.97. The van der Waals surface area contributed by atoms with Crippen LogP contribution < -0.4 is 25.4 Å². The molecular formula is C17H27IN4O3. The fourth-order valence-electron chi connectivity index (χ4n) is 2.20. The number of nitrogens with zero attached hydrogens (tertiary/aromatic N) is 1. The van der Waals surface area contributed by atoms with Gasteiger partial charge < -0.3 is 25.4 Å². The van der Waals surface area contributed by atoms with Gasteiger partial charge in [-0.05, 0) is 31.9 Å². The second-order valence-corrected chi connectivity index (χ2v) is 5.49. The number of rotatable bonds is 8. The van der Waals surface area contributed by atoms with E-state index >= 15 is 0 Å². The number of ether oxygens (including phenoxy) is 2. The molecule has 1 aliphatic carbocycles. The molecule has 2 rings (SSSR count). The molecule has 0 spiro atoms. The molecule has 25 heavy (non-hydrogen) atoms. The van der Waals surface area contributed by atoms with Crippen molar-refractivity contribution in [3.8, 4) is 11.5 Å². The number of hydrogen-bond acceptors (Lipinski definition) is 4. The van der Waals surface area contributed by atoms with E-state index in [1.807, 2.05) is 25.1 Å². The number of anilines is 1. The predicted octanol–water partition coefficient (Wildman–Crippen LogP) is 2.23. The second kappa shape index (κ2) is 11.0. The van der Waals surface area contributed by atoms with Crippen LogP contribution in [-0.2, 0) is 4.79 Å². The van der Waals surface area contributed by atoms with Crippen molar-refractivity contribution in [2.75, 3.05) is 39.2 Å². The van der Waals surface area contributed by atoms with Crippen LogP contribution in [-0.4, -0.2) is 45.7 Å². The predicted molar refractivity (Wildman–Crippen MR) is 110 cm³/mol. The first kappa shape index (κ1) is 21.3. The van der Waals surface area contributed by atoms with Crippen LogP contribution in [0.4, 0.5) is 5.69 Å². The van der Waals surface area contributed by atoms with Crippen LogP contribution in [0.3, 0.4) is 0 Å². The molecule has 1 saturated carbocycles. The van der Waals surface area contributed by atoms with Gasteiger partial charge in [0.2, 0.25) is 5.91 Å². The Bertz CT molecular complexity index is 591. The Labute approximate surface area is 166 Å². The molecule has 0 aromatic heterocycles. The monoisotopic (exact) mass is 462 g/mol. The zero-order chi connectivity index (χ0) is 17.4. The highest BCUT2D eigenvalue weighted by atomic mass is 127. The molecule has 1 aromatic rings. The lowest BCUT2D eigenvalue weighted by molar-refractivity contribution is -0.122. The SMILES string of the molecule is CCOc1cc(NC(=NC)NCCNC(=O)C2CC2)ccc1OC.I. The van der Waals surface area contributed by atoms with Crippen LogP contribution in [0.25, 0.3) is 0 Å². The van der Waals surface area contributed by atoms with Crippen molar-refractivity contribution in [3.05, 3.63) is 18.2 Å². The highest BCUT2D eigenvalue weighted by molar-refractivity contribution is 14.0. The Morgan fingerprint density at radius 3 is 2.56 bits per heavy atom. The molecule has 1 fully saturated rings. The van der Waals surface area contributed by atoms with E-state index in [1.165, 1.54) is 0 Å². The number of guanidine groups is 1. The first-order chi connectivity index (χ1) is 11.7. The number of methoxy groups -OCH3 is 1. The summed E-state index contributed by atoms with van der Waals surface area (Å²) in [6.45, 7) is 3.67. The Morgan fingerprint density at radius 2 is 1.96 bits per heavy atom. The summed E-state index contributed by atoms with van der Waals surface area (Å²) in [5, 5.41) is 9.27.